The van der Waals surface area contributed by atoms with Gasteiger partial charge in [-0.05, 0) is 68.7 Å². The number of aryl methyl sites for hydroxylation is 2. The molecule has 8 nitrogen and oxygen atoms in total. The van der Waals surface area contributed by atoms with Crippen molar-refractivity contribution < 1.29 is 19.1 Å². The average Bonchev–Trinajstić information content (AvgIpc) is 2.71. The van der Waals surface area contributed by atoms with Gasteiger partial charge in [0, 0.05) is 18.2 Å². The molecule has 0 bridgehead atoms. The van der Waals surface area contributed by atoms with E-state index >= 15 is 0 Å². The van der Waals surface area contributed by atoms with Crippen LogP contribution in [0.15, 0.2) is 42.5 Å². The molecule has 4 N–H and O–H groups in total. The van der Waals surface area contributed by atoms with Crippen molar-refractivity contribution in [1.29, 1.82) is 0 Å². The number of benzene rings is 2. The molecule has 160 valence electrons. The largest absolute Gasteiger partial charge is 0.484 e. The van der Waals surface area contributed by atoms with Crippen LogP contribution < -0.4 is 26.2 Å². The van der Waals surface area contributed by atoms with Crippen LogP contribution in [0.4, 0.5) is 4.79 Å². The van der Waals surface area contributed by atoms with Crippen LogP contribution in [0.3, 0.4) is 0 Å². The second kappa shape index (κ2) is 10.8. The monoisotopic (exact) mass is 412 g/mol. The van der Waals surface area contributed by atoms with Crippen molar-refractivity contribution >= 4 is 17.8 Å². The summed E-state index contributed by atoms with van der Waals surface area (Å²) in [5, 5.41) is 5.46. The lowest BCUT2D eigenvalue weighted by Crippen LogP contribution is -2.43. The minimum atomic E-state index is -0.474. The average molecular weight is 412 g/mol. The lowest BCUT2D eigenvalue weighted by molar-refractivity contribution is -0.123. The van der Waals surface area contributed by atoms with Crippen LogP contribution in [0.5, 0.6) is 5.75 Å². The van der Waals surface area contributed by atoms with Crippen LogP contribution in [0.1, 0.15) is 40.9 Å². The number of hydrogen-bond donors (Lipinski definition) is 4. The molecule has 0 atom stereocenters. The van der Waals surface area contributed by atoms with Gasteiger partial charge in [0.1, 0.15) is 5.75 Å². The van der Waals surface area contributed by atoms with Crippen molar-refractivity contribution in [2.24, 2.45) is 0 Å². The van der Waals surface area contributed by atoms with Gasteiger partial charge in [-0.2, -0.15) is 0 Å². The van der Waals surface area contributed by atoms with Gasteiger partial charge in [0.15, 0.2) is 6.61 Å². The first-order valence-corrected chi connectivity index (χ1v) is 9.67. The van der Waals surface area contributed by atoms with Crippen LogP contribution in [0.2, 0.25) is 0 Å². The predicted octanol–water partition coefficient (Wildman–Crippen LogP) is 2.35. The molecular formula is C22H28N4O4. The molecule has 2 rings (SSSR count). The summed E-state index contributed by atoms with van der Waals surface area (Å²) in [6.45, 7) is 7.83. The standard InChI is InChI=1S/C22H28N4O4/c1-14(2)24-22(29)23-12-17-6-8-18(9-7-17)21(28)26-25-20(27)13-30-19-10-5-15(3)16(4)11-19/h5-11,14H,12-13H2,1-4H3,(H,25,27)(H,26,28)(H2,23,24,29). The number of rotatable bonds is 7. The van der Waals surface area contributed by atoms with E-state index in [1.54, 1.807) is 30.3 Å². The zero-order valence-corrected chi connectivity index (χ0v) is 17.7. The van der Waals surface area contributed by atoms with Crippen LogP contribution in [0.25, 0.3) is 0 Å². The highest BCUT2D eigenvalue weighted by molar-refractivity contribution is 5.95. The summed E-state index contributed by atoms with van der Waals surface area (Å²) in [5.41, 5.74) is 8.10. The molecule has 8 heteroatoms. The van der Waals surface area contributed by atoms with E-state index < -0.39 is 11.8 Å². The van der Waals surface area contributed by atoms with Gasteiger partial charge >= 0.3 is 6.03 Å². The summed E-state index contributed by atoms with van der Waals surface area (Å²) in [6.07, 6.45) is 0. The maximum atomic E-state index is 12.2. The van der Waals surface area contributed by atoms with Crippen molar-refractivity contribution in [1.82, 2.24) is 21.5 Å². The fraction of sp³-hybridized carbons (Fsp3) is 0.318. The lowest BCUT2D eigenvalue weighted by Gasteiger charge is -2.11. The quantitative estimate of drug-likeness (QED) is 0.524. The zero-order chi connectivity index (χ0) is 22.1. The zero-order valence-electron chi connectivity index (χ0n) is 17.7. The minimum Gasteiger partial charge on any atom is -0.484 e. The number of hydrazine groups is 1. The van der Waals surface area contributed by atoms with E-state index in [0.717, 1.165) is 16.7 Å². The summed E-state index contributed by atoms with van der Waals surface area (Å²) in [7, 11) is 0. The molecule has 0 radical (unpaired) electrons. The second-order valence-corrected chi connectivity index (χ2v) is 7.22. The highest BCUT2D eigenvalue weighted by Gasteiger charge is 2.09. The molecule has 30 heavy (non-hydrogen) atoms. The number of carbonyl (C=O) groups excluding carboxylic acids is 3. The summed E-state index contributed by atoms with van der Waals surface area (Å²) in [4.78, 5) is 35.6. The SMILES string of the molecule is Cc1ccc(OCC(=O)NNC(=O)c2ccc(CNC(=O)NC(C)C)cc2)cc1C. The molecule has 4 amide bonds. The minimum absolute atomic E-state index is 0.0534. The summed E-state index contributed by atoms with van der Waals surface area (Å²) >= 11 is 0. The fourth-order valence-corrected chi connectivity index (χ4v) is 2.46. The molecule has 0 unspecified atom stereocenters. The van der Waals surface area contributed by atoms with Gasteiger partial charge in [0.25, 0.3) is 11.8 Å². The maximum absolute atomic E-state index is 12.2. The fourth-order valence-electron chi connectivity index (χ4n) is 2.46. The third kappa shape index (κ3) is 7.46. The predicted molar refractivity (Wildman–Crippen MR) is 114 cm³/mol. The van der Waals surface area contributed by atoms with E-state index in [2.05, 4.69) is 21.5 Å². The molecule has 0 aliphatic rings. The highest BCUT2D eigenvalue weighted by atomic mass is 16.5. The third-order valence-corrected chi connectivity index (χ3v) is 4.25. The van der Waals surface area contributed by atoms with Gasteiger partial charge in [-0.3, -0.25) is 20.4 Å². The van der Waals surface area contributed by atoms with Gasteiger partial charge < -0.3 is 15.4 Å². The van der Waals surface area contributed by atoms with Gasteiger partial charge in [0.2, 0.25) is 0 Å². The molecule has 0 saturated heterocycles. The molecule has 0 aliphatic carbocycles. The van der Waals surface area contributed by atoms with E-state index in [4.69, 9.17) is 4.74 Å². The Hall–Kier alpha value is -3.55. The Bertz CT molecular complexity index is 895. The Morgan fingerprint density at radius 1 is 0.933 bits per heavy atom. The number of nitrogens with one attached hydrogen (secondary N) is 4. The van der Waals surface area contributed by atoms with Crippen LogP contribution >= 0.6 is 0 Å². The summed E-state index contributed by atoms with van der Waals surface area (Å²) in [5.74, 6) is -0.337. The molecular weight excluding hydrogens is 384 g/mol. The van der Waals surface area contributed by atoms with Gasteiger partial charge in [-0.15, -0.1) is 0 Å². The van der Waals surface area contributed by atoms with Crippen molar-refractivity contribution in [3.8, 4) is 5.75 Å². The van der Waals surface area contributed by atoms with Gasteiger partial charge in [-0.1, -0.05) is 18.2 Å². The Balaban J connectivity index is 1.75. The Morgan fingerprint density at radius 3 is 2.27 bits per heavy atom. The van der Waals surface area contributed by atoms with Crippen LogP contribution in [-0.2, 0) is 11.3 Å². The van der Waals surface area contributed by atoms with E-state index in [1.807, 2.05) is 39.8 Å². The summed E-state index contributed by atoms with van der Waals surface area (Å²) < 4.78 is 5.42. The maximum Gasteiger partial charge on any atom is 0.315 e. The summed E-state index contributed by atoms with van der Waals surface area (Å²) in [6, 6.07) is 12.1. The number of hydrogen-bond acceptors (Lipinski definition) is 4. The van der Waals surface area contributed by atoms with Gasteiger partial charge in [0.05, 0.1) is 0 Å². The number of urea groups is 1. The van der Waals surface area contributed by atoms with E-state index in [1.165, 1.54) is 0 Å². The van der Waals surface area contributed by atoms with E-state index in [9.17, 15) is 14.4 Å². The molecule has 0 fully saturated rings. The molecule has 0 saturated carbocycles. The molecule has 0 heterocycles. The highest BCUT2D eigenvalue weighted by Crippen LogP contribution is 2.16. The first kappa shape index (κ1) is 22.7. The Morgan fingerprint density at radius 2 is 1.63 bits per heavy atom. The van der Waals surface area contributed by atoms with Crippen LogP contribution in [-0.4, -0.2) is 30.5 Å². The molecule has 0 spiro atoms. The molecule has 0 aliphatic heterocycles. The Labute approximate surface area is 176 Å². The van der Waals surface area contributed by atoms with Crippen LogP contribution in [0, 0.1) is 13.8 Å². The van der Waals surface area contributed by atoms with Crippen molar-refractivity contribution in [2.75, 3.05) is 6.61 Å². The Kier molecular flexibility index (Phi) is 8.22. The topological polar surface area (TPSA) is 109 Å². The number of ether oxygens (including phenoxy) is 1. The molecule has 0 aromatic heterocycles. The van der Waals surface area contributed by atoms with Gasteiger partial charge in [-0.25, -0.2) is 4.79 Å². The van der Waals surface area contributed by atoms with E-state index in [-0.39, 0.29) is 18.7 Å². The number of carbonyl (C=O) groups is 3. The molecule has 2 aromatic rings. The third-order valence-electron chi connectivity index (χ3n) is 4.25. The normalized spacial score (nSPS) is 10.3. The molecule has 2 aromatic carbocycles. The van der Waals surface area contributed by atoms with E-state index in [0.29, 0.717) is 17.9 Å². The van der Waals surface area contributed by atoms with Crippen molar-refractivity contribution in [3.63, 3.8) is 0 Å². The van der Waals surface area contributed by atoms with Crippen molar-refractivity contribution in [2.45, 2.75) is 40.3 Å². The first-order valence-electron chi connectivity index (χ1n) is 9.67. The first-order chi connectivity index (χ1) is 14.2. The number of amides is 4. The smallest absolute Gasteiger partial charge is 0.315 e. The van der Waals surface area contributed by atoms with Crippen molar-refractivity contribution in [3.05, 3.63) is 64.7 Å². The lowest BCUT2D eigenvalue weighted by atomic mass is 10.1. The second-order valence-electron chi connectivity index (χ2n) is 7.22.